The Morgan fingerprint density at radius 2 is 1.62 bits per heavy atom. The number of nitrogens with one attached hydrogen (secondary N) is 1. The molecule has 0 unspecified atom stereocenters. The lowest BCUT2D eigenvalue weighted by Gasteiger charge is -2.11. The molecule has 1 amide bonds. The molecule has 0 aliphatic rings. The Kier molecular flexibility index (Phi) is 6.32. The minimum Gasteiger partial charge on any atom is -0.496 e. The lowest BCUT2D eigenvalue weighted by molar-refractivity contribution is -0.120. The summed E-state index contributed by atoms with van der Waals surface area (Å²) in [6.07, 6.45) is 0.239. The summed E-state index contributed by atoms with van der Waals surface area (Å²) < 4.78 is 15.7. The fourth-order valence-electron chi connectivity index (χ4n) is 2.32. The van der Waals surface area contributed by atoms with Gasteiger partial charge in [0.1, 0.15) is 5.75 Å². The van der Waals surface area contributed by atoms with Gasteiger partial charge in [0.2, 0.25) is 5.91 Å². The molecule has 0 spiro atoms. The van der Waals surface area contributed by atoms with Crippen LogP contribution in [0.4, 0.5) is 0 Å². The standard InChI is InChI=1S/C18H20ClNO4/c1-22-15-7-5-14(19)10-13(15)11-20-18(21)9-12-4-6-16(23-2)17(8-12)24-3/h4-8,10H,9,11H2,1-3H3,(H,20,21). The average molecular weight is 350 g/mol. The van der Waals surface area contributed by atoms with Crippen LogP contribution in [0.15, 0.2) is 36.4 Å². The second-order valence-corrected chi connectivity index (χ2v) is 5.54. The van der Waals surface area contributed by atoms with Crippen molar-refractivity contribution < 1.29 is 19.0 Å². The van der Waals surface area contributed by atoms with Crippen molar-refractivity contribution in [3.8, 4) is 17.2 Å². The first-order valence-electron chi connectivity index (χ1n) is 7.37. The van der Waals surface area contributed by atoms with Gasteiger partial charge in [-0.15, -0.1) is 0 Å². The predicted molar refractivity (Wildman–Crippen MR) is 93.1 cm³/mol. The molecule has 128 valence electrons. The first-order valence-corrected chi connectivity index (χ1v) is 7.75. The summed E-state index contributed by atoms with van der Waals surface area (Å²) >= 11 is 5.99. The number of rotatable bonds is 7. The molecule has 2 rings (SSSR count). The molecule has 6 heteroatoms. The number of benzene rings is 2. The van der Waals surface area contributed by atoms with Crippen LogP contribution < -0.4 is 19.5 Å². The van der Waals surface area contributed by atoms with Crippen molar-refractivity contribution in [2.45, 2.75) is 13.0 Å². The van der Waals surface area contributed by atoms with Gasteiger partial charge in [-0.05, 0) is 35.9 Å². The maximum atomic E-state index is 12.2. The summed E-state index contributed by atoms with van der Waals surface area (Å²) in [5, 5.41) is 3.46. The van der Waals surface area contributed by atoms with Crippen LogP contribution >= 0.6 is 11.6 Å². The van der Waals surface area contributed by atoms with Gasteiger partial charge in [0.05, 0.1) is 27.8 Å². The van der Waals surface area contributed by atoms with Crippen molar-refractivity contribution >= 4 is 17.5 Å². The third-order valence-electron chi connectivity index (χ3n) is 3.53. The zero-order valence-electron chi connectivity index (χ0n) is 13.9. The summed E-state index contributed by atoms with van der Waals surface area (Å²) in [7, 11) is 4.72. The minimum absolute atomic E-state index is 0.107. The number of halogens is 1. The first-order chi connectivity index (χ1) is 11.6. The minimum atomic E-state index is -0.107. The highest BCUT2D eigenvalue weighted by atomic mass is 35.5. The summed E-state index contributed by atoms with van der Waals surface area (Å²) in [4.78, 5) is 12.2. The van der Waals surface area contributed by atoms with E-state index < -0.39 is 0 Å². The van der Waals surface area contributed by atoms with E-state index in [-0.39, 0.29) is 12.3 Å². The van der Waals surface area contributed by atoms with Crippen LogP contribution in [0, 0.1) is 0 Å². The summed E-state index contributed by atoms with van der Waals surface area (Å²) in [5.41, 5.74) is 1.66. The molecule has 1 N–H and O–H groups in total. The van der Waals surface area contributed by atoms with E-state index in [2.05, 4.69) is 5.32 Å². The van der Waals surface area contributed by atoms with E-state index in [1.165, 1.54) is 0 Å². The van der Waals surface area contributed by atoms with Gasteiger partial charge in [0.15, 0.2) is 11.5 Å². The van der Waals surface area contributed by atoms with Crippen molar-refractivity contribution in [1.82, 2.24) is 5.32 Å². The van der Waals surface area contributed by atoms with Crippen molar-refractivity contribution in [3.63, 3.8) is 0 Å². The molecule has 0 bridgehead atoms. The number of amides is 1. The number of carbonyl (C=O) groups excluding carboxylic acids is 1. The molecule has 24 heavy (non-hydrogen) atoms. The van der Waals surface area contributed by atoms with Gasteiger partial charge < -0.3 is 19.5 Å². The summed E-state index contributed by atoms with van der Waals surface area (Å²) in [6.45, 7) is 0.343. The Morgan fingerprint density at radius 1 is 0.958 bits per heavy atom. The Balaban J connectivity index is 2.00. The number of ether oxygens (including phenoxy) is 3. The van der Waals surface area contributed by atoms with Crippen molar-refractivity contribution in [3.05, 3.63) is 52.5 Å². The molecule has 2 aromatic carbocycles. The Labute approximate surface area is 146 Å². The van der Waals surface area contributed by atoms with E-state index in [4.69, 9.17) is 25.8 Å². The van der Waals surface area contributed by atoms with Crippen LogP contribution in [0.2, 0.25) is 5.02 Å². The molecule has 0 saturated heterocycles. The number of hydrogen-bond acceptors (Lipinski definition) is 4. The molecular formula is C18H20ClNO4. The van der Waals surface area contributed by atoms with Gasteiger partial charge in [-0.1, -0.05) is 17.7 Å². The fraction of sp³-hybridized carbons (Fsp3) is 0.278. The highest BCUT2D eigenvalue weighted by Gasteiger charge is 2.10. The Hall–Kier alpha value is -2.40. The maximum absolute atomic E-state index is 12.2. The summed E-state index contributed by atoms with van der Waals surface area (Å²) in [6, 6.07) is 10.7. The smallest absolute Gasteiger partial charge is 0.224 e. The predicted octanol–water partition coefficient (Wildman–Crippen LogP) is 3.22. The molecule has 0 atom stereocenters. The highest BCUT2D eigenvalue weighted by Crippen LogP contribution is 2.27. The zero-order valence-corrected chi connectivity index (χ0v) is 14.6. The van der Waals surface area contributed by atoms with Crippen LogP contribution in [-0.4, -0.2) is 27.2 Å². The lowest BCUT2D eigenvalue weighted by Crippen LogP contribution is -2.24. The highest BCUT2D eigenvalue weighted by molar-refractivity contribution is 6.30. The molecule has 0 saturated carbocycles. The van der Waals surface area contributed by atoms with E-state index in [9.17, 15) is 4.79 Å². The molecular weight excluding hydrogens is 330 g/mol. The number of hydrogen-bond donors (Lipinski definition) is 1. The quantitative estimate of drug-likeness (QED) is 0.833. The van der Waals surface area contributed by atoms with Crippen LogP contribution in [-0.2, 0) is 17.8 Å². The van der Waals surface area contributed by atoms with Crippen molar-refractivity contribution in [2.24, 2.45) is 0 Å². The summed E-state index contributed by atoms with van der Waals surface area (Å²) in [5.74, 6) is 1.81. The van der Waals surface area contributed by atoms with Crippen LogP contribution in [0.25, 0.3) is 0 Å². The second-order valence-electron chi connectivity index (χ2n) is 5.10. The van der Waals surface area contributed by atoms with Gasteiger partial charge in [0.25, 0.3) is 0 Å². The second kappa shape index (κ2) is 8.45. The number of methoxy groups -OCH3 is 3. The van der Waals surface area contributed by atoms with E-state index in [0.717, 1.165) is 11.1 Å². The number of carbonyl (C=O) groups is 1. The molecule has 0 fully saturated rings. The third-order valence-corrected chi connectivity index (χ3v) is 3.77. The monoisotopic (exact) mass is 349 g/mol. The van der Waals surface area contributed by atoms with Gasteiger partial charge in [0, 0.05) is 17.1 Å². The molecule has 0 aromatic heterocycles. The molecule has 0 heterocycles. The van der Waals surface area contributed by atoms with Crippen LogP contribution in [0.1, 0.15) is 11.1 Å². The van der Waals surface area contributed by atoms with Gasteiger partial charge >= 0.3 is 0 Å². The molecule has 5 nitrogen and oxygen atoms in total. The normalized spacial score (nSPS) is 10.2. The SMILES string of the molecule is COc1ccc(Cl)cc1CNC(=O)Cc1ccc(OC)c(OC)c1. The molecule has 0 aliphatic carbocycles. The molecule has 0 aliphatic heterocycles. The van der Waals surface area contributed by atoms with Gasteiger partial charge in [-0.25, -0.2) is 0 Å². The molecule has 0 radical (unpaired) electrons. The van der Waals surface area contributed by atoms with Gasteiger partial charge in [-0.2, -0.15) is 0 Å². The van der Waals surface area contributed by atoms with E-state index in [0.29, 0.717) is 28.8 Å². The van der Waals surface area contributed by atoms with Crippen LogP contribution in [0.5, 0.6) is 17.2 Å². The molecule has 2 aromatic rings. The van der Waals surface area contributed by atoms with E-state index in [1.807, 2.05) is 6.07 Å². The van der Waals surface area contributed by atoms with Crippen molar-refractivity contribution in [2.75, 3.05) is 21.3 Å². The first kappa shape index (κ1) is 17.9. The lowest BCUT2D eigenvalue weighted by atomic mass is 10.1. The maximum Gasteiger partial charge on any atom is 0.224 e. The van der Waals surface area contributed by atoms with E-state index >= 15 is 0 Å². The van der Waals surface area contributed by atoms with Gasteiger partial charge in [-0.3, -0.25) is 4.79 Å². The topological polar surface area (TPSA) is 56.8 Å². The van der Waals surface area contributed by atoms with E-state index in [1.54, 1.807) is 51.7 Å². The zero-order chi connectivity index (χ0) is 17.5. The fourth-order valence-corrected chi connectivity index (χ4v) is 2.51. The Bertz CT molecular complexity index is 718. The third kappa shape index (κ3) is 4.55. The van der Waals surface area contributed by atoms with Crippen molar-refractivity contribution in [1.29, 1.82) is 0 Å². The average Bonchev–Trinajstić information content (AvgIpc) is 2.60. The largest absolute Gasteiger partial charge is 0.496 e. The Morgan fingerprint density at radius 3 is 2.29 bits per heavy atom. The van der Waals surface area contributed by atoms with Crippen LogP contribution in [0.3, 0.4) is 0 Å².